The molecule has 1 aromatic heterocycles. The number of halogens is 1. The maximum Gasteiger partial charge on any atom is 0.132 e. The lowest BCUT2D eigenvalue weighted by Gasteiger charge is -2.29. The Morgan fingerprint density at radius 1 is 1.20 bits per heavy atom. The van der Waals surface area contributed by atoms with E-state index in [1.165, 1.54) is 3.57 Å². The lowest BCUT2D eigenvalue weighted by Crippen LogP contribution is -2.37. The number of anilines is 2. The van der Waals surface area contributed by atoms with Gasteiger partial charge in [0.15, 0.2) is 0 Å². The Hall–Kier alpha value is -0.600. The van der Waals surface area contributed by atoms with Crippen LogP contribution in [-0.2, 0) is 9.47 Å². The topological polar surface area (TPSA) is 46.6 Å². The second-order valence-electron chi connectivity index (χ2n) is 5.19. The van der Waals surface area contributed by atoms with Crippen molar-refractivity contribution >= 4 is 34.2 Å². The summed E-state index contributed by atoms with van der Waals surface area (Å²) >= 11 is 2.35. The summed E-state index contributed by atoms with van der Waals surface area (Å²) < 4.78 is 12.1. The highest BCUT2D eigenvalue weighted by Gasteiger charge is 2.17. The van der Waals surface area contributed by atoms with Gasteiger partial charge >= 0.3 is 0 Å². The van der Waals surface area contributed by atoms with Gasteiger partial charge in [0.1, 0.15) is 11.6 Å². The third kappa shape index (κ3) is 3.73. The van der Waals surface area contributed by atoms with Crippen molar-refractivity contribution in [2.24, 2.45) is 0 Å². The minimum absolute atomic E-state index is 0.381. The molecule has 0 aliphatic carbocycles. The molecule has 3 rings (SSSR count). The number of ether oxygens (including phenoxy) is 2. The molecule has 0 radical (unpaired) electrons. The number of rotatable bonds is 3. The van der Waals surface area contributed by atoms with Crippen LogP contribution in [0.15, 0.2) is 12.1 Å². The Bertz CT molecular complexity index is 446. The molecule has 0 aromatic carbocycles. The van der Waals surface area contributed by atoms with E-state index in [0.717, 1.165) is 64.0 Å². The second kappa shape index (κ2) is 6.91. The molecule has 1 N–H and O–H groups in total. The molecule has 5 nitrogen and oxygen atoms in total. The van der Waals surface area contributed by atoms with Gasteiger partial charge in [0.25, 0.3) is 0 Å². The van der Waals surface area contributed by atoms with Crippen molar-refractivity contribution in [2.45, 2.75) is 18.9 Å². The van der Waals surface area contributed by atoms with E-state index in [1.807, 2.05) is 0 Å². The normalized spacial score (nSPS) is 23.6. The van der Waals surface area contributed by atoms with Crippen LogP contribution >= 0.6 is 22.6 Å². The summed E-state index contributed by atoms with van der Waals surface area (Å²) in [6, 6.07) is 4.61. The van der Waals surface area contributed by atoms with E-state index in [1.54, 1.807) is 0 Å². The van der Waals surface area contributed by atoms with Gasteiger partial charge in [0.2, 0.25) is 0 Å². The van der Waals surface area contributed by atoms with E-state index in [9.17, 15) is 0 Å². The number of hydrogen-bond acceptors (Lipinski definition) is 5. The van der Waals surface area contributed by atoms with Crippen molar-refractivity contribution in [1.29, 1.82) is 0 Å². The van der Waals surface area contributed by atoms with Crippen LogP contribution in [0.5, 0.6) is 0 Å². The Balaban J connectivity index is 1.71. The van der Waals surface area contributed by atoms with E-state index in [2.05, 4.69) is 44.9 Å². The molecule has 3 heterocycles. The van der Waals surface area contributed by atoms with Gasteiger partial charge < -0.3 is 19.7 Å². The molecule has 2 saturated heterocycles. The van der Waals surface area contributed by atoms with Gasteiger partial charge in [-0.25, -0.2) is 4.98 Å². The first-order valence-corrected chi connectivity index (χ1v) is 8.24. The molecular formula is C14H20IN3O2. The number of hydrogen-bond donors (Lipinski definition) is 1. The van der Waals surface area contributed by atoms with Crippen LogP contribution in [-0.4, -0.2) is 50.5 Å². The molecule has 0 amide bonds. The average Bonchev–Trinajstić information content (AvgIpc) is 2.49. The van der Waals surface area contributed by atoms with Gasteiger partial charge in [-0.15, -0.1) is 0 Å². The zero-order chi connectivity index (χ0) is 13.8. The summed E-state index contributed by atoms with van der Waals surface area (Å²) in [6.07, 6.45) is 2.28. The number of aromatic nitrogens is 1. The Morgan fingerprint density at radius 3 is 2.80 bits per heavy atom. The van der Waals surface area contributed by atoms with Gasteiger partial charge in [-0.1, -0.05) is 0 Å². The van der Waals surface area contributed by atoms with Crippen LogP contribution in [0.3, 0.4) is 0 Å². The zero-order valence-electron chi connectivity index (χ0n) is 11.5. The van der Waals surface area contributed by atoms with Crippen LogP contribution in [0, 0.1) is 3.57 Å². The second-order valence-corrected chi connectivity index (χ2v) is 6.43. The van der Waals surface area contributed by atoms with E-state index in [4.69, 9.17) is 14.5 Å². The van der Waals surface area contributed by atoms with Crippen molar-refractivity contribution in [2.75, 3.05) is 49.7 Å². The van der Waals surface area contributed by atoms with Crippen LogP contribution in [0.1, 0.15) is 12.8 Å². The lowest BCUT2D eigenvalue weighted by molar-refractivity contribution is 0.0875. The van der Waals surface area contributed by atoms with Crippen LogP contribution < -0.4 is 10.2 Å². The van der Waals surface area contributed by atoms with Gasteiger partial charge in [0.05, 0.1) is 25.9 Å². The van der Waals surface area contributed by atoms with Crippen LogP contribution in [0.25, 0.3) is 0 Å². The number of morpholine rings is 1. The summed E-state index contributed by atoms with van der Waals surface area (Å²) in [4.78, 5) is 7.04. The SMILES string of the molecule is Ic1cc(N[C@@H]2CCCOC2)nc(N2CCOCC2)c1. The van der Waals surface area contributed by atoms with Gasteiger partial charge in [-0.3, -0.25) is 0 Å². The third-order valence-electron chi connectivity index (χ3n) is 3.62. The third-order valence-corrected chi connectivity index (χ3v) is 4.25. The Kier molecular flexibility index (Phi) is 4.95. The molecule has 2 aliphatic rings. The molecule has 0 saturated carbocycles. The zero-order valence-corrected chi connectivity index (χ0v) is 13.6. The van der Waals surface area contributed by atoms with Crippen molar-refractivity contribution in [1.82, 2.24) is 4.98 Å². The smallest absolute Gasteiger partial charge is 0.132 e. The molecule has 110 valence electrons. The first-order chi connectivity index (χ1) is 9.81. The maximum absolute atomic E-state index is 5.51. The van der Waals surface area contributed by atoms with E-state index in [0.29, 0.717) is 6.04 Å². The van der Waals surface area contributed by atoms with Gasteiger partial charge in [-0.2, -0.15) is 0 Å². The van der Waals surface area contributed by atoms with Gasteiger partial charge in [-0.05, 0) is 47.6 Å². The quantitative estimate of drug-likeness (QED) is 0.803. The molecule has 1 atom stereocenters. The highest BCUT2D eigenvalue weighted by Crippen LogP contribution is 2.22. The molecule has 2 aliphatic heterocycles. The molecule has 2 fully saturated rings. The highest BCUT2D eigenvalue weighted by atomic mass is 127. The van der Waals surface area contributed by atoms with Crippen molar-refractivity contribution in [3.05, 3.63) is 15.7 Å². The number of pyridine rings is 1. The first-order valence-electron chi connectivity index (χ1n) is 7.16. The monoisotopic (exact) mass is 389 g/mol. The van der Waals surface area contributed by atoms with Gasteiger partial charge in [0, 0.05) is 23.3 Å². The average molecular weight is 389 g/mol. The fourth-order valence-electron chi connectivity index (χ4n) is 2.58. The summed E-state index contributed by atoms with van der Waals surface area (Å²) in [5.74, 6) is 1.99. The predicted octanol–water partition coefficient (Wildman–Crippen LogP) is 2.11. The van der Waals surface area contributed by atoms with Crippen LogP contribution in [0.4, 0.5) is 11.6 Å². The number of nitrogens with one attached hydrogen (secondary N) is 1. The molecule has 0 unspecified atom stereocenters. The lowest BCUT2D eigenvalue weighted by atomic mass is 10.1. The summed E-state index contributed by atoms with van der Waals surface area (Å²) in [7, 11) is 0. The van der Waals surface area contributed by atoms with Crippen molar-refractivity contribution in [3.63, 3.8) is 0 Å². The molecule has 0 spiro atoms. The summed E-state index contributed by atoms with van der Waals surface area (Å²) in [5, 5.41) is 3.50. The van der Waals surface area contributed by atoms with Crippen molar-refractivity contribution in [3.8, 4) is 0 Å². The predicted molar refractivity (Wildman–Crippen MR) is 87.4 cm³/mol. The molecule has 6 heteroatoms. The Morgan fingerprint density at radius 2 is 2.05 bits per heavy atom. The standard InChI is InChI=1S/C14H20IN3O2/c15-11-8-13(16-12-2-1-5-20-10-12)17-14(9-11)18-3-6-19-7-4-18/h8-9,12H,1-7,10H2,(H,16,17)/t12-/m1/s1. The highest BCUT2D eigenvalue weighted by molar-refractivity contribution is 14.1. The Labute approximate surface area is 133 Å². The summed E-state index contributed by atoms with van der Waals surface area (Å²) in [6.45, 7) is 5.06. The molecule has 0 bridgehead atoms. The molecule has 1 aromatic rings. The minimum Gasteiger partial charge on any atom is -0.379 e. The largest absolute Gasteiger partial charge is 0.379 e. The number of nitrogens with zero attached hydrogens (tertiary/aromatic N) is 2. The van der Waals surface area contributed by atoms with E-state index in [-0.39, 0.29) is 0 Å². The van der Waals surface area contributed by atoms with E-state index < -0.39 is 0 Å². The molecular weight excluding hydrogens is 369 g/mol. The van der Waals surface area contributed by atoms with Crippen LogP contribution in [0.2, 0.25) is 0 Å². The van der Waals surface area contributed by atoms with E-state index >= 15 is 0 Å². The first kappa shape index (κ1) is 14.3. The summed E-state index contributed by atoms with van der Waals surface area (Å²) in [5.41, 5.74) is 0. The fourth-order valence-corrected chi connectivity index (χ4v) is 3.15. The van der Waals surface area contributed by atoms with Crippen molar-refractivity contribution < 1.29 is 9.47 Å². The fraction of sp³-hybridized carbons (Fsp3) is 0.643. The molecule has 20 heavy (non-hydrogen) atoms. The maximum atomic E-state index is 5.51. The minimum atomic E-state index is 0.381.